The molecule has 0 amide bonds. The zero-order valence-electron chi connectivity index (χ0n) is 13.8. The second-order valence-electron chi connectivity index (χ2n) is 6.04. The zero-order valence-corrected chi connectivity index (χ0v) is 14.6. The predicted molar refractivity (Wildman–Crippen MR) is 106 cm³/mol. The highest BCUT2D eigenvalue weighted by Gasteiger charge is 2.19. The van der Waals surface area contributed by atoms with Crippen LogP contribution in [0, 0.1) is 0 Å². The van der Waals surface area contributed by atoms with Crippen LogP contribution in [0.3, 0.4) is 0 Å². The SMILES string of the molecule is S=C(Nc1cccc2cnncc12)N1CCN(c2ccccc2)CC1. The molecular weight excluding hydrogens is 330 g/mol. The van der Waals surface area contributed by atoms with Gasteiger partial charge in [-0.2, -0.15) is 10.2 Å². The number of piperazine rings is 1. The summed E-state index contributed by atoms with van der Waals surface area (Å²) in [5.41, 5.74) is 2.25. The lowest BCUT2D eigenvalue weighted by molar-refractivity contribution is 0.391. The molecule has 3 aromatic rings. The zero-order chi connectivity index (χ0) is 17.1. The fourth-order valence-electron chi connectivity index (χ4n) is 3.14. The smallest absolute Gasteiger partial charge is 0.173 e. The highest BCUT2D eigenvalue weighted by atomic mass is 32.1. The third kappa shape index (κ3) is 3.39. The van der Waals surface area contributed by atoms with E-state index in [1.807, 2.05) is 24.3 Å². The second-order valence-corrected chi connectivity index (χ2v) is 6.42. The lowest BCUT2D eigenvalue weighted by Gasteiger charge is -2.37. The van der Waals surface area contributed by atoms with Crippen LogP contribution >= 0.6 is 12.2 Å². The van der Waals surface area contributed by atoms with Gasteiger partial charge in [0.1, 0.15) is 0 Å². The Bertz CT molecular complexity index is 870. The van der Waals surface area contributed by atoms with Gasteiger partial charge in [0.25, 0.3) is 0 Å². The van der Waals surface area contributed by atoms with Crippen molar-refractivity contribution in [1.82, 2.24) is 15.1 Å². The molecule has 4 rings (SSSR count). The third-order valence-electron chi connectivity index (χ3n) is 4.52. The first-order chi connectivity index (χ1) is 12.3. The number of rotatable bonds is 2. The van der Waals surface area contributed by atoms with Gasteiger partial charge in [0.15, 0.2) is 5.11 Å². The molecule has 2 heterocycles. The molecule has 0 bridgehead atoms. The van der Waals surface area contributed by atoms with Crippen molar-refractivity contribution in [3.8, 4) is 0 Å². The number of benzene rings is 2. The molecule has 5 nitrogen and oxygen atoms in total. The van der Waals surface area contributed by atoms with Crippen molar-refractivity contribution >= 4 is 39.5 Å². The van der Waals surface area contributed by atoms with Crippen LogP contribution in [0.1, 0.15) is 0 Å². The van der Waals surface area contributed by atoms with Gasteiger partial charge in [-0.3, -0.25) is 0 Å². The third-order valence-corrected chi connectivity index (χ3v) is 4.88. The maximum atomic E-state index is 5.63. The normalized spacial score (nSPS) is 14.6. The van der Waals surface area contributed by atoms with Gasteiger partial charge >= 0.3 is 0 Å². The second kappa shape index (κ2) is 7.03. The Morgan fingerprint density at radius 2 is 1.64 bits per heavy atom. The lowest BCUT2D eigenvalue weighted by atomic mass is 10.1. The van der Waals surface area contributed by atoms with Crippen LogP contribution in [0.4, 0.5) is 11.4 Å². The summed E-state index contributed by atoms with van der Waals surface area (Å²) in [6.07, 6.45) is 3.54. The summed E-state index contributed by atoms with van der Waals surface area (Å²) in [6.45, 7) is 3.75. The molecule has 1 aliphatic rings. The summed E-state index contributed by atoms with van der Waals surface area (Å²) in [7, 11) is 0. The summed E-state index contributed by atoms with van der Waals surface area (Å²) in [6, 6.07) is 16.6. The number of hydrogen-bond acceptors (Lipinski definition) is 4. The number of thiocarbonyl (C=S) groups is 1. The quantitative estimate of drug-likeness (QED) is 0.717. The van der Waals surface area contributed by atoms with E-state index in [0.717, 1.165) is 47.8 Å². The van der Waals surface area contributed by atoms with Crippen LogP contribution < -0.4 is 10.2 Å². The average Bonchev–Trinajstić information content (AvgIpc) is 2.69. The number of hydrogen-bond donors (Lipinski definition) is 1. The minimum atomic E-state index is 0.761. The molecule has 2 aromatic carbocycles. The van der Waals surface area contributed by atoms with Crippen molar-refractivity contribution in [2.75, 3.05) is 36.4 Å². The van der Waals surface area contributed by atoms with Gasteiger partial charge in [0.2, 0.25) is 0 Å². The predicted octanol–water partition coefficient (Wildman–Crippen LogP) is 3.15. The number of anilines is 2. The molecule has 6 heteroatoms. The Labute approximate surface area is 152 Å². The molecule has 1 aromatic heterocycles. The molecular formula is C19H19N5S. The maximum Gasteiger partial charge on any atom is 0.173 e. The van der Waals surface area contributed by atoms with E-state index >= 15 is 0 Å². The van der Waals surface area contributed by atoms with Gasteiger partial charge < -0.3 is 15.1 Å². The molecule has 0 radical (unpaired) electrons. The van der Waals surface area contributed by atoms with Gasteiger partial charge in [0, 0.05) is 48.3 Å². The molecule has 25 heavy (non-hydrogen) atoms. The van der Waals surface area contributed by atoms with Crippen LogP contribution in [-0.4, -0.2) is 46.4 Å². The molecule has 1 N–H and O–H groups in total. The Morgan fingerprint density at radius 1 is 0.880 bits per heavy atom. The monoisotopic (exact) mass is 349 g/mol. The highest BCUT2D eigenvalue weighted by molar-refractivity contribution is 7.80. The Balaban J connectivity index is 1.42. The molecule has 0 spiro atoms. The minimum Gasteiger partial charge on any atom is -0.368 e. The first kappa shape index (κ1) is 15.8. The van der Waals surface area contributed by atoms with Gasteiger partial charge in [-0.1, -0.05) is 30.3 Å². The van der Waals surface area contributed by atoms with Crippen molar-refractivity contribution < 1.29 is 0 Å². The van der Waals surface area contributed by atoms with E-state index < -0.39 is 0 Å². The fourth-order valence-corrected chi connectivity index (χ4v) is 3.43. The van der Waals surface area contributed by atoms with E-state index in [2.05, 4.69) is 49.6 Å². The van der Waals surface area contributed by atoms with Crippen molar-refractivity contribution in [1.29, 1.82) is 0 Å². The van der Waals surface area contributed by atoms with E-state index in [-0.39, 0.29) is 0 Å². The van der Waals surface area contributed by atoms with E-state index in [1.165, 1.54) is 5.69 Å². The Kier molecular flexibility index (Phi) is 4.43. The number of fused-ring (bicyclic) bond motifs is 1. The van der Waals surface area contributed by atoms with Gasteiger partial charge in [-0.05, 0) is 30.4 Å². The van der Waals surface area contributed by atoms with Crippen LogP contribution in [-0.2, 0) is 0 Å². The number of para-hydroxylation sites is 1. The van der Waals surface area contributed by atoms with E-state index in [1.54, 1.807) is 12.4 Å². The first-order valence-corrected chi connectivity index (χ1v) is 8.77. The molecule has 0 saturated carbocycles. The number of nitrogens with zero attached hydrogens (tertiary/aromatic N) is 4. The maximum absolute atomic E-state index is 5.63. The van der Waals surface area contributed by atoms with Crippen LogP contribution in [0.15, 0.2) is 60.9 Å². The van der Waals surface area contributed by atoms with Crippen LogP contribution in [0.2, 0.25) is 0 Å². The molecule has 1 aliphatic heterocycles. The van der Waals surface area contributed by atoms with Gasteiger partial charge in [-0.15, -0.1) is 0 Å². The largest absolute Gasteiger partial charge is 0.368 e. The highest BCUT2D eigenvalue weighted by Crippen LogP contribution is 2.22. The topological polar surface area (TPSA) is 44.3 Å². The first-order valence-electron chi connectivity index (χ1n) is 8.36. The van der Waals surface area contributed by atoms with Crippen molar-refractivity contribution in [2.24, 2.45) is 0 Å². The van der Waals surface area contributed by atoms with Crippen molar-refractivity contribution in [3.05, 3.63) is 60.9 Å². The number of aromatic nitrogens is 2. The van der Waals surface area contributed by atoms with E-state index in [4.69, 9.17) is 12.2 Å². The van der Waals surface area contributed by atoms with Gasteiger partial charge in [0.05, 0.1) is 12.4 Å². The van der Waals surface area contributed by atoms with E-state index in [0.29, 0.717) is 0 Å². The summed E-state index contributed by atoms with van der Waals surface area (Å²) < 4.78 is 0. The lowest BCUT2D eigenvalue weighted by Crippen LogP contribution is -2.50. The molecule has 126 valence electrons. The van der Waals surface area contributed by atoms with Crippen molar-refractivity contribution in [3.63, 3.8) is 0 Å². The van der Waals surface area contributed by atoms with Crippen molar-refractivity contribution in [2.45, 2.75) is 0 Å². The minimum absolute atomic E-state index is 0.761. The Hall–Kier alpha value is -2.73. The molecule has 0 atom stereocenters. The summed E-state index contributed by atoms with van der Waals surface area (Å²) in [5, 5.41) is 14.1. The van der Waals surface area contributed by atoms with Crippen LogP contribution in [0.5, 0.6) is 0 Å². The summed E-state index contributed by atoms with van der Waals surface area (Å²) in [5.74, 6) is 0. The van der Waals surface area contributed by atoms with E-state index in [9.17, 15) is 0 Å². The Morgan fingerprint density at radius 3 is 2.44 bits per heavy atom. The number of nitrogens with one attached hydrogen (secondary N) is 1. The molecule has 1 saturated heterocycles. The summed E-state index contributed by atoms with van der Waals surface area (Å²) >= 11 is 5.63. The summed E-state index contributed by atoms with van der Waals surface area (Å²) in [4.78, 5) is 4.62. The van der Waals surface area contributed by atoms with Crippen LogP contribution in [0.25, 0.3) is 10.8 Å². The molecule has 0 aliphatic carbocycles. The van der Waals surface area contributed by atoms with Gasteiger partial charge in [-0.25, -0.2) is 0 Å². The molecule has 0 unspecified atom stereocenters. The fraction of sp³-hybridized carbons (Fsp3) is 0.211. The standard InChI is InChI=1S/C19H19N5S/c25-19(22-18-8-4-5-15-13-20-21-14-17(15)18)24-11-9-23(10-12-24)16-6-2-1-3-7-16/h1-8,13-14H,9-12H2,(H,22,25). The molecule has 1 fully saturated rings. The average molecular weight is 349 g/mol.